The van der Waals surface area contributed by atoms with Gasteiger partial charge in [-0.3, -0.25) is 0 Å². The number of hydrogen-bond acceptors (Lipinski definition) is 3. The second-order valence-electron chi connectivity index (χ2n) is 6.83. The zero-order chi connectivity index (χ0) is 12.8. The summed E-state index contributed by atoms with van der Waals surface area (Å²) in [4.78, 5) is 10.9. The van der Waals surface area contributed by atoms with Crippen molar-refractivity contribution in [3.8, 4) is 0 Å². The molecule has 1 fully saturated rings. The molecule has 94 valence electrons. The van der Waals surface area contributed by atoms with E-state index in [0.717, 1.165) is 6.42 Å². The van der Waals surface area contributed by atoms with Gasteiger partial charge in [-0.1, -0.05) is 27.7 Å². The fraction of sp³-hybridized carbons (Fsp3) is 0.917. The van der Waals surface area contributed by atoms with E-state index in [4.69, 9.17) is 10.8 Å². The van der Waals surface area contributed by atoms with Crippen LogP contribution < -0.4 is 5.73 Å². The molecule has 1 aliphatic rings. The highest BCUT2D eigenvalue weighted by atomic mass is 16.4. The largest absolute Gasteiger partial charge is 0.479 e. The van der Waals surface area contributed by atoms with Crippen molar-refractivity contribution in [3.63, 3.8) is 0 Å². The minimum Gasteiger partial charge on any atom is -0.479 e. The summed E-state index contributed by atoms with van der Waals surface area (Å²) in [6.07, 6.45) is 0.588. The van der Waals surface area contributed by atoms with E-state index in [2.05, 4.69) is 27.7 Å². The highest BCUT2D eigenvalue weighted by Gasteiger charge is 2.50. The third-order valence-electron chi connectivity index (χ3n) is 3.35. The predicted molar refractivity (Wildman–Crippen MR) is 62.0 cm³/mol. The number of carboxylic acid groups (broad SMARTS) is 1. The van der Waals surface area contributed by atoms with Crippen molar-refractivity contribution in [1.82, 2.24) is 0 Å². The number of aliphatic hydroxyl groups is 1. The van der Waals surface area contributed by atoms with Gasteiger partial charge in [0.25, 0.3) is 0 Å². The molecule has 0 heterocycles. The molecule has 1 saturated carbocycles. The summed E-state index contributed by atoms with van der Waals surface area (Å²) in [5.74, 6) is -1.23. The molecule has 1 unspecified atom stereocenters. The number of carbonyl (C=O) groups is 1. The fourth-order valence-electron chi connectivity index (χ4n) is 3.70. The van der Waals surface area contributed by atoms with Crippen LogP contribution in [0.3, 0.4) is 0 Å². The van der Waals surface area contributed by atoms with E-state index in [1.807, 2.05) is 0 Å². The van der Waals surface area contributed by atoms with Crippen molar-refractivity contribution in [3.05, 3.63) is 0 Å². The van der Waals surface area contributed by atoms with Crippen LogP contribution in [0.1, 0.15) is 47.0 Å². The van der Waals surface area contributed by atoms with Crippen LogP contribution in [0.2, 0.25) is 0 Å². The summed E-state index contributed by atoms with van der Waals surface area (Å²) < 4.78 is 0. The van der Waals surface area contributed by atoms with Gasteiger partial charge in [-0.25, -0.2) is 4.79 Å². The molecular formula is C12H23NO3. The molecule has 0 aromatic heterocycles. The maximum Gasteiger partial charge on any atom is 0.334 e. The molecule has 1 rings (SSSR count). The van der Waals surface area contributed by atoms with Crippen LogP contribution in [0.25, 0.3) is 0 Å². The van der Waals surface area contributed by atoms with Gasteiger partial charge in [0.2, 0.25) is 0 Å². The van der Waals surface area contributed by atoms with Crippen molar-refractivity contribution in [2.24, 2.45) is 16.6 Å². The average molecular weight is 229 g/mol. The monoisotopic (exact) mass is 229 g/mol. The number of hydrogen-bond donors (Lipinski definition) is 3. The van der Waals surface area contributed by atoms with Gasteiger partial charge in [-0.05, 0) is 30.1 Å². The van der Waals surface area contributed by atoms with Crippen LogP contribution >= 0.6 is 0 Å². The summed E-state index contributed by atoms with van der Waals surface area (Å²) in [6.45, 7) is 8.29. The number of rotatable bonds is 2. The lowest BCUT2D eigenvalue weighted by atomic mass is 9.57. The summed E-state index contributed by atoms with van der Waals surface area (Å²) in [6, 6.07) is 0. The summed E-state index contributed by atoms with van der Waals surface area (Å²) in [5, 5.41) is 18.7. The van der Waals surface area contributed by atoms with Gasteiger partial charge in [0.1, 0.15) is 0 Å². The van der Waals surface area contributed by atoms with Crippen molar-refractivity contribution in [2.45, 2.75) is 58.6 Å². The van der Waals surface area contributed by atoms with E-state index in [0.29, 0.717) is 12.8 Å². The Hall–Kier alpha value is -0.610. The van der Waals surface area contributed by atoms with E-state index in [9.17, 15) is 9.90 Å². The van der Waals surface area contributed by atoms with Crippen LogP contribution in [-0.4, -0.2) is 27.8 Å². The molecule has 4 heteroatoms. The molecular weight excluding hydrogens is 206 g/mol. The Kier molecular flexibility index (Phi) is 3.12. The molecule has 0 amide bonds. The van der Waals surface area contributed by atoms with Crippen LogP contribution in [0.5, 0.6) is 0 Å². The lowest BCUT2D eigenvalue weighted by Crippen LogP contribution is -2.61. The Morgan fingerprint density at radius 1 is 1.12 bits per heavy atom. The summed E-state index contributed by atoms with van der Waals surface area (Å²) in [5.41, 5.74) is 5.04. The Morgan fingerprint density at radius 3 is 1.81 bits per heavy atom. The maximum absolute atomic E-state index is 10.9. The molecule has 0 radical (unpaired) electrons. The molecule has 0 aliphatic heterocycles. The predicted octanol–water partition coefficient (Wildman–Crippen LogP) is 1.37. The maximum atomic E-state index is 10.9. The van der Waals surface area contributed by atoms with Crippen molar-refractivity contribution in [1.29, 1.82) is 0 Å². The van der Waals surface area contributed by atoms with Crippen molar-refractivity contribution < 1.29 is 15.0 Å². The lowest BCUT2D eigenvalue weighted by molar-refractivity contribution is -0.154. The van der Waals surface area contributed by atoms with Crippen LogP contribution in [0, 0.1) is 10.8 Å². The van der Waals surface area contributed by atoms with Gasteiger partial charge in [-0.2, -0.15) is 0 Å². The van der Waals surface area contributed by atoms with E-state index in [1.54, 1.807) is 0 Å². The topological polar surface area (TPSA) is 83.5 Å². The zero-order valence-electron chi connectivity index (χ0n) is 10.6. The first-order chi connectivity index (χ1) is 6.98. The van der Waals surface area contributed by atoms with Crippen LogP contribution in [0.15, 0.2) is 0 Å². The van der Waals surface area contributed by atoms with Gasteiger partial charge in [0.15, 0.2) is 6.10 Å². The Labute approximate surface area is 96.8 Å². The van der Waals surface area contributed by atoms with E-state index in [1.165, 1.54) is 0 Å². The van der Waals surface area contributed by atoms with Crippen LogP contribution in [0.4, 0.5) is 0 Å². The Bertz CT molecular complexity index is 281. The zero-order valence-corrected chi connectivity index (χ0v) is 10.6. The van der Waals surface area contributed by atoms with E-state index in [-0.39, 0.29) is 10.8 Å². The molecule has 0 aromatic carbocycles. The lowest BCUT2D eigenvalue weighted by Gasteiger charge is -2.51. The van der Waals surface area contributed by atoms with Crippen LogP contribution in [-0.2, 0) is 4.79 Å². The molecule has 4 N–H and O–H groups in total. The minimum atomic E-state index is -1.48. The number of nitrogens with two attached hydrogens (primary N) is 1. The summed E-state index contributed by atoms with van der Waals surface area (Å²) in [7, 11) is 0. The summed E-state index contributed by atoms with van der Waals surface area (Å²) >= 11 is 0. The molecule has 1 aliphatic carbocycles. The highest BCUT2D eigenvalue weighted by Crippen LogP contribution is 2.50. The Morgan fingerprint density at radius 2 is 1.50 bits per heavy atom. The minimum absolute atomic E-state index is 0.0348. The van der Waals surface area contributed by atoms with Gasteiger partial charge in [0, 0.05) is 0 Å². The van der Waals surface area contributed by atoms with Gasteiger partial charge in [-0.15, -0.1) is 0 Å². The van der Waals surface area contributed by atoms with Crippen molar-refractivity contribution in [2.75, 3.05) is 0 Å². The van der Waals surface area contributed by atoms with Gasteiger partial charge in [0.05, 0.1) is 5.54 Å². The van der Waals surface area contributed by atoms with Gasteiger partial charge < -0.3 is 15.9 Å². The first-order valence-electron chi connectivity index (χ1n) is 5.67. The van der Waals surface area contributed by atoms with Crippen molar-refractivity contribution >= 4 is 5.97 Å². The Balaban J connectivity index is 3.00. The number of aliphatic hydroxyl groups excluding tert-OH is 1. The quantitative estimate of drug-likeness (QED) is 0.667. The fourth-order valence-corrected chi connectivity index (χ4v) is 3.70. The second-order valence-corrected chi connectivity index (χ2v) is 6.83. The van der Waals surface area contributed by atoms with E-state index < -0.39 is 17.6 Å². The molecule has 4 nitrogen and oxygen atoms in total. The standard InChI is InChI=1S/C12H23NO3/c1-10(2)5-11(3,4)7-12(13,6-10)8(14)9(15)16/h8,14H,5-7,13H2,1-4H3,(H,15,16). The molecule has 16 heavy (non-hydrogen) atoms. The number of carboxylic acids is 1. The first-order valence-corrected chi connectivity index (χ1v) is 5.67. The molecule has 0 aromatic rings. The normalized spacial score (nSPS) is 28.4. The average Bonchev–Trinajstić information content (AvgIpc) is 1.95. The third-order valence-corrected chi connectivity index (χ3v) is 3.35. The SMILES string of the molecule is CC1(C)CC(C)(C)CC(N)(C(O)C(=O)O)C1. The third kappa shape index (κ3) is 2.74. The van der Waals surface area contributed by atoms with Gasteiger partial charge >= 0.3 is 5.97 Å². The molecule has 1 atom stereocenters. The molecule has 0 saturated heterocycles. The van der Waals surface area contributed by atoms with E-state index >= 15 is 0 Å². The highest BCUT2D eigenvalue weighted by molar-refractivity contribution is 5.74. The second kappa shape index (κ2) is 3.70. The molecule has 0 bridgehead atoms. The number of aliphatic carboxylic acids is 1. The smallest absolute Gasteiger partial charge is 0.334 e. The molecule has 0 spiro atoms. The first kappa shape index (κ1) is 13.5.